The molecule has 3 heteroatoms. The normalized spacial score (nSPS) is 10.2. The van der Waals surface area contributed by atoms with Gasteiger partial charge in [0.05, 0.1) is 0 Å². The van der Waals surface area contributed by atoms with Gasteiger partial charge in [-0.2, -0.15) is 0 Å². The summed E-state index contributed by atoms with van der Waals surface area (Å²) in [6.45, 7) is 7.22. The molecular formula is C18H21NO2. The fourth-order valence-electron chi connectivity index (χ4n) is 2.29. The SMILES string of the molecule is CCN(CC)C(=O)Oc1ccccc1-c1ccccc1C. The molecule has 2 rings (SSSR count). The molecule has 0 saturated heterocycles. The van der Waals surface area contributed by atoms with Crippen LogP contribution < -0.4 is 4.74 Å². The van der Waals surface area contributed by atoms with Crippen LogP contribution in [0.4, 0.5) is 4.79 Å². The second-order valence-corrected chi connectivity index (χ2v) is 4.85. The van der Waals surface area contributed by atoms with Crippen LogP contribution in [0.5, 0.6) is 5.75 Å². The summed E-state index contributed by atoms with van der Waals surface area (Å²) in [6.07, 6.45) is -0.305. The largest absolute Gasteiger partial charge is 0.415 e. The summed E-state index contributed by atoms with van der Waals surface area (Å²) in [6, 6.07) is 15.7. The van der Waals surface area contributed by atoms with E-state index in [2.05, 4.69) is 13.0 Å². The summed E-state index contributed by atoms with van der Waals surface area (Å²) in [5.74, 6) is 0.601. The monoisotopic (exact) mass is 283 g/mol. The molecule has 2 aromatic carbocycles. The van der Waals surface area contributed by atoms with Gasteiger partial charge in [0.1, 0.15) is 5.75 Å². The Bertz CT molecular complexity index is 618. The number of carbonyl (C=O) groups excluding carboxylic acids is 1. The molecule has 0 radical (unpaired) electrons. The molecule has 0 heterocycles. The highest BCUT2D eigenvalue weighted by Crippen LogP contribution is 2.32. The molecule has 1 amide bonds. The first-order valence-electron chi connectivity index (χ1n) is 7.29. The van der Waals surface area contributed by atoms with Crippen molar-refractivity contribution in [3.05, 3.63) is 54.1 Å². The van der Waals surface area contributed by atoms with Gasteiger partial charge in [0, 0.05) is 18.7 Å². The van der Waals surface area contributed by atoms with Crippen molar-refractivity contribution in [1.82, 2.24) is 4.90 Å². The highest BCUT2D eigenvalue weighted by atomic mass is 16.6. The maximum Gasteiger partial charge on any atom is 0.415 e. The minimum Gasteiger partial charge on any atom is -0.410 e. The van der Waals surface area contributed by atoms with Gasteiger partial charge in [-0.15, -0.1) is 0 Å². The minimum atomic E-state index is -0.305. The molecule has 0 aliphatic carbocycles. The van der Waals surface area contributed by atoms with Gasteiger partial charge in [-0.1, -0.05) is 42.5 Å². The highest BCUT2D eigenvalue weighted by Gasteiger charge is 2.15. The van der Waals surface area contributed by atoms with E-state index in [9.17, 15) is 4.79 Å². The van der Waals surface area contributed by atoms with Crippen molar-refractivity contribution in [3.63, 3.8) is 0 Å². The summed E-state index contributed by atoms with van der Waals surface area (Å²) in [5.41, 5.74) is 3.18. The quantitative estimate of drug-likeness (QED) is 0.826. The zero-order valence-corrected chi connectivity index (χ0v) is 12.8. The lowest BCUT2D eigenvalue weighted by Crippen LogP contribution is -2.33. The van der Waals surface area contributed by atoms with Crippen molar-refractivity contribution in [3.8, 4) is 16.9 Å². The van der Waals surface area contributed by atoms with Crippen molar-refractivity contribution in [1.29, 1.82) is 0 Å². The van der Waals surface area contributed by atoms with E-state index in [0.29, 0.717) is 18.8 Å². The molecule has 0 atom stereocenters. The topological polar surface area (TPSA) is 29.5 Å². The first kappa shape index (κ1) is 15.1. The Morgan fingerprint density at radius 3 is 2.14 bits per heavy atom. The van der Waals surface area contributed by atoms with E-state index in [-0.39, 0.29) is 6.09 Å². The van der Waals surface area contributed by atoms with Crippen LogP contribution in [-0.2, 0) is 0 Å². The van der Waals surface area contributed by atoms with E-state index >= 15 is 0 Å². The third-order valence-electron chi connectivity index (χ3n) is 3.54. The van der Waals surface area contributed by atoms with Crippen LogP contribution in [0.3, 0.4) is 0 Å². The maximum absolute atomic E-state index is 12.1. The summed E-state index contributed by atoms with van der Waals surface area (Å²) in [5, 5.41) is 0. The number of benzene rings is 2. The summed E-state index contributed by atoms with van der Waals surface area (Å²) in [4.78, 5) is 13.8. The van der Waals surface area contributed by atoms with Gasteiger partial charge in [0.25, 0.3) is 0 Å². The predicted octanol–water partition coefficient (Wildman–Crippen LogP) is 4.50. The first-order valence-corrected chi connectivity index (χ1v) is 7.29. The Labute approximate surface area is 126 Å². The molecule has 0 bridgehead atoms. The highest BCUT2D eigenvalue weighted by molar-refractivity contribution is 5.78. The second-order valence-electron chi connectivity index (χ2n) is 4.85. The fraction of sp³-hybridized carbons (Fsp3) is 0.278. The van der Waals surface area contributed by atoms with Crippen LogP contribution in [0, 0.1) is 6.92 Å². The molecule has 2 aromatic rings. The number of nitrogens with zero attached hydrogens (tertiary/aromatic N) is 1. The predicted molar refractivity (Wildman–Crippen MR) is 85.6 cm³/mol. The average Bonchev–Trinajstić information content (AvgIpc) is 2.50. The Morgan fingerprint density at radius 1 is 0.952 bits per heavy atom. The molecule has 0 spiro atoms. The van der Waals surface area contributed by atoms with Gasteiger partial charge in [0.15, 0.2) is 0 Å². The number of carbonyl (C=O) groups is 1. The lowest BCUT2D eigenvalue weighted by Gasteiger charge is -2.19. The third-order valence-corrected chi connectivity index (χ3v) is 3.54. The van der Waals surface area contributed by atoms with E-state index in [1.807, 2.05) is 56.3 Å². The van der Waals surface area contributed by atoms with E-state index in [0.717, 1.165) is 16.7 Å². The van der Waals surface area contributed by atoms with Crippen LogP contribution in [0.2, 0.25) is 0 Å². The minimum absolute atomic E-state index is 0.305. The van der Waals surface area contributed by atoms with E-state index in [1.54, 1.807) is 4.90 Å². The molecule has 110 valence electrons. The van der Waals surface area contributed by atoms with Crippen molar-refractivity contribution >= 4 is 6.09 Å². The van der Waals surface area contributed by atoms with E-state index in [4.69, 9.17) is 4.74 Å². The second kappa shape index (κ2) is 6.93. The van der Waals surface area contributed by atoms with Crippen LogP contribution in [-0.4, -0.2) is 24.1 Å². The molecule has 0 fully saturated rings. The summed E-state index contributed by atoms with van der Waals surface area (Å²) < 4.78 is 5.59. The van der Waals surface area contributed by atoms with Crippen molar-refractivity contribution in [2.24, 2.45) is 0 Å². The van der Waals surface area contributed by atoms with Gasteiger partial charge in [0.2, 0.25) is 0 Å². The van der Waals surface area contributed by atoms with E-state index in [1.165, 1.54) is 0 Å². The lowest BCUT2D eigenvalue weighted by atomic mass is 10.00. The molecule has 0 unspecified atom stereocenters. The van der Waals surface area contributed by atoms with Gasteiger partial charge < -0.3 is 9.64 Å². The number of ether oxygens (including phenoxy) is 1. The van der Waals surface area contributed by atoms with Gasteiger partial charge >= 0.3 is 6.09 Å². The molecule has 21 heavy (non-hydrogen) atoms. The lowest BCUT2D eigenvalue weighted by molar-refractivity contribution is 0.157. The number of amides is 1. The zero-order valence-electron chi connectivity index (χ0n) is 12.8. The molecule has 0 aliphatic heterocycles. The maximum atomic E-state index is 12.1. The Hall–Kier alpha value is -2.29. The molecule has 0 aromatic heterocycles. The van der Waals surface area contributed by atoms with Gasteiger partial charge in [-0.25, -0.2) is 4.79 Å². The number of hydrogen-bond acceptors (Lipinski definition) is 2. The summed E-state index contributed by atoms with van der Waals surface area (Å²) >= 11 is 0. The van der Waals surface area contributed by atoms with Crippen molar-refractivity contribution in [2.75, 3.05) is 13.1 Å². The third kappa shape index (κ3) is 3.43. The van der Waals surface area contributed by atoms with Crippen LogP contribution in [0.15, 0.2) is 48.5 Å². The number of hydrogen-bond donors (Lipinski definition) is 0. The molecule has 0 N–H and O–H groups in total. The van der Waals surface area contributed by atoms with Crippen molar-refractivity contribution < 1.29 is 9.53 Å². The van der Waals surface area contributed by atoms with Crippen LogP contribution in [0.1, 0.15) is 19.4 Å². The smallest absolute Gasteiger partial charge is 0.410 e. The Morgan fingerprint density at radius 2 is 1.52 bits per heavy atom. The standard InChI is InChI=1S/C18H21NO2/c1-4-19(5-2)18(20)21-17-13-9-8-12-16(17)15-11-7-6-10-14(15)3/h6-13H,4-5H2,1-3H3. The molecular weight excluding hydrogens is 262 g/mol. The molecule has 0 aliphatic rings. The Balaban J connectivity index is 2.34. The van der Waals surface area contributed by atoms with Crippen LogP contribution >= 0.6 is 0 Å². The van der Waals surface area contributed by atoms with Crippen LogP contribution in [0.25, 0.3) is 11.1 Å². The first-order chi connectivity index (χ1) is 10.2. The van der Waals surface area contributed by atoms with Gasteiger partial charge in [-0.05, 0) is 38.0 Å². The molecule has 3 nitrogen and oxygen atoms in total. The Kier molecular flexibility index (Phi) is 4.99. The number of rotatable bonds is 4. The average molecular weight is 283 g/mol. The summed E-state index contributed by atoms with van der Waals surface area (Å²) in [7, 11) is 0. The zero-order chi connectivity index (χ0) is 15.2. The van der Waals surface area contributed by atoms with Gasteiger partial charge in [-0.3, -0.25) is 0 Å². The number of aryl methyl sites for hydroxylation is 1. The molecule has 0 saturated carbocycles. The van der Waals surface area contributed by atoms with E-state index < -0.39 is 0 Å². The number of para-hydroxylation sites is 1. The fourth-order valence-corrected chi connectivity index (χ4v) is 2.29. The van der Waals surface area contributed by atoms with Crippen molar-refractivity contribution in [2.45, 2.75) is 20.8 Å².